The standard InChI is InChI=1S/C13H9Cl2FN2O/c1-18(10-5-3-2-4-9(10)16)13(19)8-6-7-11(14)17-12(8)15/h2-7H,1H3. The highest BCUT2D eigenvalue weighted by Gasteiger charge is 2.19. The Labute approximate surface area is 119 Å². The van der Waals surface area contributed by atoms with Crippen LogP contribution in [0.1, 0.15) is 10.4 Å². The van der Waals surface area contributed by atoms with Crippen molar-refractivity contribution in [2.45, 2.75) is 0 Å². The number of hydrogen-bond acceptors (Lipinski definition) is 2. The summed E-state index contributed by atoms with van der Waals surface area (Å²) in [6, 6.07) is 8.89. The lowest BCUT2D eigenvalue weighted by atomic mass is 10.2. The molecule has 0 saturated heterocycles. The Morgan fingerprint density at radius 2 is 1.89 bits per heavy atom. The summed E-state index contributed by atoms with van der Waals surface area (Å²) in [4.78, 5) is 17.2. The Bertz CT molecular complexity index is 634. The molecule has 0 atom stereocenters. The molecule has 1 aromatic heterocycles. The minimum atomic E-state index is -0.489. The molecule has 0 spiro atoms. The van der Waals surface area contributed by atoms with Gasteiger partial charge in [-0.2, -0.15) is 0 Å². The van der Waals surface area contributed by atoms with Crippen molar-refractivity contribution >= 4 is 34.8 Å². The van der Waals surface area contributed by atoms with Gasteiger partial charge < -0.3 is 4.90 Å². The highest BCUT2D eigenvalue weighted by Crippen LogP contribution is 2.23. The zero-order valence-corrected chi connectivity index (χ0v) is 11.4. The fraction of sp³-hybridized carbons (Fsp3) is 0.0769. The molecular weight excluding hydrogens is 290 g/mol. The second-order valence-corrected chi connectivity index (χ2v) is 4.53. The number of rotatable bonds is 2. The number of aromatic nitrogens is 1. The molecule has 98 valence electrons. The van der Waals surface area contributed by atoms with Crippen LogP contribution in [0, 0.1) is 5.82 Å². The maximum Gasteiger partial charge on any atom is 0.261 e. The van der Waals surface area contributed by atoms with E-state index in [9.17, 15) is 9.18 Å². The summed E-state index contributed by atoms with van der Waals surface area (Å²) in [5, 5.41) is 0.177. The maximum atomic E-state index is 13.6. The number of hydrogen-bond donors (Lipinski definition) is 0. The molecule has 0 aliphatic heterocycles. The molecule has 1 aromatic carbocycles. The molecule has 0 radical (unpaired) electrons. The molecule has 0 bridgehead atoms. The SMILES string of the molecule is CN(C(=O)c1ccc(Cl)nc1Cl)c1ccccc1F. The lowest BCUT2D eigenvalue weighted by Crippen LogP contribution is -2.27. The minimum absolute atomic E-state index is 0.0133. The summed E-state index contributed by atoms with van der Waals surface area (Å²) in [7, 11) is 1.46. The van der Waals surface area contributed by atoms with Gasteiger partial charge in [-0.1, -0.05) is 35.3 Å². The Morgan fingerprint density at radius 3 is 2.53 bits per heavy atom. The van der Waals surface area contributed by atoms with E-state index in [2.05, 4.69) is 4.98 Å². The summed E-state index contributed by atoms with van der Waals surface area (Å²) in [5.41, 5.74) is 0.329. The van der Waals surface area contributed by atoms with Crippen LogP contribution in [0.4, 0.5) is 10.1 Å². The fourth-order valence-electron chi connectivity index (χ4n) is 1.59. The maximum absolute atomic E-state index is 13.6. The molecule has 0 unspecified atom stereocenters. The van der Waals surface area contributed by atoms with E-state index in [-0.39, 0.29) is 21.6 Å². The summed E-state index contributed by atoms with van der Waals surface area (Å²) in [6.07, 6.45) is 0. The number of pyridine rings is 1. The molecule has 0 fully saturated rings. The topological polar surface area (TPSA) is 33.2 Å². The zero-order valence-electron chi connectivity index (χ0n) is 9.90. The monoisotopic (exact) mass is 298 g/mol. The third-order valence-electron chi connectivity index (χ3n) is 2.56. The van der Waals surface area contributed by atoms with Crippen molar-refractivity contribution in [3.63, 3.8) is 0 Å². The number of anilines is 1. The minimum Gasteiger partial charge on any atom is -0.309 e. The van der Waals surface area contributed by atoms with Crippen molar-refractivity contribution in [3.8, 4) is 0 Å². The highest BCUT2D eigenvalue weighted by molar-refractivity contribution is 6.35. The number of amides is 1. The lowest BCUT2D eigenvalue weighted by Gasteiger charge is -2.18. The van der Waals surface area contributed by atoms with Crippen molar-refractivity contribution in [2.75, 3.05) is 11.9 Å². The third kappa shape index (κ3) is 2.85. The van der Waals surface area contributed by atoms with Crippen molar-refractivity contribution in [1.82, 2.24) is 4.98 Å². The number of halogens is 3. The average molecular weight is 299 g/mol. The summed E-state index contributed by atoms with van der Waals surface area (Å²) in [6.45, 7) is 0. The molecule has 2 aromatic rings. The summed E-state index contributed by atoms with van der Waals surface area (Å²) >= 11 is 11.5. The van der Waals surface area contributed by atoms with Crippen LogP contribution in [-0.2, 0) is 0 Å². The molecule has 0 N–H and O–H groups in total. The quantitative estimate of drug-likeness (QED) is 0.790. The van der Waals surface area contributed by atoms with Crippen molar-refractivity contribution in [3.05, 3.63) is 58.1 Å². The molecule has 2 rings (SSSR count). The van der Waals surface area contributed by atoms with Crippen molar-refractivity contribution in [1.29, 1.82) is 0 Å². The number of benzene rings is 1. The van der Waals surface area contributed by atoms with Crippen LogP contribution in [0.15, 0.2) is 36.4 Å². The van der Waals surface area contributed by atoms with Crippen molar-refractivity contribution < 1.29 is 9.18 Å². The van der Waals surface area contributed by atoms with Crippen LogP contribution in [0.5, 0.6) is 0 Å². The first kappa shape index (κ1) is 13.8. The van der Waals surface area contributed by atoms with Gasteiger partial charge in [0.25, 0.3) is 5.91 Å². The van der Waals surface area contributed by atoms with Crippen molar-refractivity contribution in [2.24, 2.45) is 0 Å². The number of para-hydroxylation sites is 1. The number of carbonyl (C=O) groups excluding carboxylic acids is 1. The third-order valence-corrected chi connectivity index (χ3v) is 3.06. The van der Waals surface area contributed by atoms with E-state index < -0.39 is 11.7 Å². The van der Waals surface area contributed by atoms with Gasteiger partial charge in [0.15, 0.2) is 0 Å². The first-order chi connectivity index (χ1) is 9.00. The van der Waals surface area contributed by atoms with E-state index in [0.29, 0.717) is 0 Å². The van der Waals surface area contributed by atoms with Gasteiger partial charge in [-0.15, -0.1) is 0 Å². The van der Waals surface area contributed by atoms with E-state index in [1.54, 1.807) is 12.1 Å². The smallest absolute Gasteiger partial charge is 0.261 e. The normalized spacial score (nSPS) is 10.3. The predicted molar refractivity (Wildman–Crippen MR) is 73.4 cm³/mol. The van der Waals surface area contributed by atoms with Crippen LogP contribution in [-0.4, -0.2) is 17.9 Å². The van der Waals surface area contributed by atoms with Gasteiger partial charge in [-0.25, -0.2) is 9.37 Å². The predicted octanol–water partition coefficient (Wildman–Crippen LogP) is 3.80. The molecule has 6 heteroatoms. The van der Waals surface area contributed by atoms with E-state index >= 15 is 0 Å². The Kier molecular flexibility index (Phi) is 4.02. The zero-order chi connectivity index (χ0) is 14.0. The Balaban J connectivity index is 2.37. The highest BCUT2D eigenvalue weighted by atomic mass is 35.5. The first-order valence-electron chi connectivity index (χ1n) is 5.35. The van der Waals surface area contributed by atoms with E-state index in [1.807, 2.05) is 0 Å². The van der Waals surface area contributed by atoms with Crippen LogP contribution in [0.3, 0.4) is 0 Å². The Hall–Kier alpha value is -1.65. The molecular formula is C13H9Cl2FN2O. The van der Waals surface area contributed by atoms with Crippen LogP contribution >= 0.6 is 23.2 Å². The summed E-state index contributed by atoms with van der Waals surface area (Å²) in [5.74, 6) is -0.948. The van der Waals surface area contributed by atoms with Gasteiger partial charge in [-0.3, -0.25) is 4.79 Å². The van der Waals surface area contributed by atoms with E-state index in [1.165, 1.54) is 36.2 Å². The molecule has 0 aliphatic rings. The number of nitrogens with zero attached hydrogens (tertiary/aromatic N) is 2. The van der Waals surface area contributed by atoms with E-state index in [0.717, 1.165) is 0 Å². The molecule has 0 saturated carbocycles. The second-order valence-electron chi connectivity index (χ2n) is 3.79. The van der Waals surface area contributed by atoms with Crippen LogP contribution in [0.2, 0.25) is 10.3 Å². The lowest BCUT2D eigenvalue weighted by molar-refractivity contribution is 0.0992. The molecule has 1 amide bonds. The molecule has 0 aliphatic carbocycles. The second kappa shape index (κ2) is 5.55. The number of carbonyl (C=O) groups is 1. The van der Waals surface area contributed by atoms with Gasteiger partial charge in [0.05, 0.1) is 11.3 Å². The first-order valence-corrected chi connectivity index (χ1v) is 6.11. The van der Waals surface area contributed by atoms with Crippen LogP contribution < -0.4 is 4.90 Å². The van der Waals surface area contributed by atoms with Crippen LogP contribution in [0.25, 0.3) is 0 Å². The Morgan fingerprint density at radius 1 is 1.21 bits per heavy atom. The summed E-state index contributed by atoms with van der Waals surface area (Å²) < 4.78 is 13.6. The van der Waals surface area contributed by atoms with E-state index in [4.69, 9.17) is 23.2 Å². The molecule has 3 nitrogen and oxygen atoms in total. The van der Waals surface area contributed by atoms with Gasteiger partial charge in [0.1, 0.15) is 16.1 Å². The van der Waals surface area contributed by atoms with Gasteiger partial charge >= 0.3 is 0 Å². The average Bonchev–Trinajstić information content (AvgIpc) is 2.38. The van der Waals surface area contributed by atoms with Gasteiger partial charge in [-0.05, 0) is 24.3 Å². The van der Waals surface area contributed by atoms with Gasteiger partial charge in [0.2, 0.25) is 0 Å². The molecule has 1 heterocycles. The molecule has 19 heavy (non-hydrogen) atoms. The van der Waals surface area contributed by atoms with Gasteiger partial charge in [0, 0.05) is 7.05 Å². The fourth-order valence-corrected chi connectivity index (χ4v) is 2.01. The largest absolute Gasteiger partial charge is 0.309 e.